The molecule has 0 saturated heterocycles. The van der Waals surface area contributed by atoms with E-state index >= 15 is 0 Å². The summed E-state index contributed by atoms with van der Waals surface area (Å²) in [6, 6.07) is 0. The van der Waals surface area contributed by atoms with E-state index in [2.05, 4.69) is 17.1 Å². The largest absolute Gasteiger partial charge is 0.339 e. The lowest BCUT2D eigenvalue weighted by atomic mass is 10.3. The molecule has 2 N–H and O–H groups in total. The molecule has 4 heteroatoms. The van der Waals surface area contributed by atoms with Crippen molar-refractivity contribution >= 4 is 0 Å². The molecule has 0 saturated carbocycles. The second kappa shape index (κ2) is 4.08. The fraction of sp³-hybridized carbons (Fsp3) is 0.714. The summed E-state index contributed by atoms with van der Waals surface area (Å²) in [6.45, 7) is 2.65. The molecule has 1 rings (SSSR count). The summed E-state index contributed by atoms with van der Waals surface area (Å²) in [4.78, 5) is 4.13. The van der Waals surface area contributed by atoms with Crippen LogP contribution >= 0.6 is 0 Å². The Morgan fingerprint density at radius 1 is 1.45 bits per heavy atom. The van der Waals surface area contributed by atoms with Gasteiger partial charge < -0.3 is 10.3 Å². The standard InChI is InChI=1S/C7H13N3O/c1-2-3-7-9-6(4-5-8)10-11-7/h2-5,8H2,1H3. The molecule has 0 aliphatic carbocycles. The van der Waals surface area contributed by atoms with E-state index in [1.54, 1.807) is 0 Å². The van der Waals surface area contributed by atoms with Gasteiger partial charge in [-0.15, -0.1) is 0 Å². The van der Waals surface area contributed by atoms with Crippen LogP contribution in [0.1, 0.15) is 25.1 Å². The Morgan fingerprint density at radius 2 is 2.27 bits per heavy atom. The molecule has 1 aromatic rings. The van der Waals surface area contributed by atoms with Crippen LogP contribution in [-0.4, -0.2) is 16.7 Å². The lowest BCUT2D eigenvalue weighted by molar-refractivity contribution is 0.372. The summed E-state index contributed by atoms with van der Waals surface area (Å²) >= 11 is 0. The number of nitrogens with zero attached hydrogens (tertiary/aromatic N) is 2. The average molecular weight is 155 g/mol. The normalized spacial score (nSPS) is 10.4. The van der Waals surface area contributed by atoms with E-state index in [9.17, 15) is 0 Å². The Kier molecular flexibility index (Phi) is 3.04. The van der Waals surface area contributed by atoms with E-state index in [0.717, 1.165) is 24.6 Å². The highest BCUT2D eigenvalue weighted by Gasteiger charge is 2.02. The van der Waals surface area contributed by atoms with Gasteiger partial charge >= 0.3 is 0 Å². The van der Waals surface area contributed by atoms with Crippen molar-refractivity contribution in [1.82, 2.24) is 10.1 Å². The second-order valence-corrected chi connectivity index (χ2v) is 2.39. The second-order valence-electron chi connectivity index (χ2n) is 2.39. The van der Waals surface area contributed by atoms with Crippen molar-refractivity contribution in [2.45, 2.75) is 26.2 Å². The quantitative estimate of drug-likeness (QED) is 0.688. The van der Waals surface area contributed by atoms with Crippen LogP contribution in [-0.2, 0) is 12.8 Å². The monoisotopic (exact) mass is 155 g/mol. The van der Waals surface area contributed by atoms with Crippen LogP contribution in [0.5, 0.6) is 0 Å². The molecule has 0 aliphatic heterocycles. The first-order valence-corrected chi connectivity index (χ1v) is 3.88. The first kappa shape index (κ1) is 8.20. The molecule has 62 valence electrons. The van der Waals surface area contributed by atoms with Crippen molar-refractivity contribution in [3.05, 3.63) is 11.7 Å². The number of aromatic nitrogens is 2. The minimum atomic E-state index is 0.575. The van der Waals surface area contributed by atoms with Crippen LogP contribution in [0, 0.1) is 0 Å². The molecule has 0 unspecified atom stereocenters. The number of rotatable bonds is 4. The van der Waals surface area contributed by atoms with E-state index in [4.69, 9.17) is 10.3 Å². The minimum Gasteiger partial charge on any atom is -0.339 e. The third kappa shape index (κ3) is 2.31. The maximum absolute atomic E-state index is 5.32. The van der Waals surface area contributed by atoms with Gasteiger partial charge in [-0.2, -0.15) is 4.98 Å². The molecular formula is C7H13N3O. The zero-order valence-electron chi connectivity index (χ0n) is 6.71. The van der Waals surface area contributed by atoms with Crippen LogP contribution in [0.3, 0.4) is 0 Å². The van der Waals surface area contributed by atoms with Gasteiger partial charge in [0.1, 0.15) is 0 Å². The van der Waals surface area contributed by atoms with Gasteiger partial charge in [0.25, 0.3) is 0 Å². The lowest BCUT2D eigenvalue weighted by Gasteiger charge is -1.84. The van der Waals surface area contributed by atoms with Gasteiger partial charge in [0, 0.05) is 12.8 Å². The molecule has 4 nitrogen and oxygen atoms in total. The van der Waals surface area contributed by atoms with Gasteiger partial charge in [-0.25, -0.2) is 0 Å². The Labute approximate surface area is 65.8 Å². The SMILES string of the molecule is CCCc1nc(CCN)no1. The summed E-state index contributed by atoms with van der Waals surface area (Å²) in [5, 5.41) is 3.76. The average Bonchev–Trinajstić information content (AvgIpc) is 2.38. The summed E-state index contributed by atoms with van der Waals surface area (Å²) in [7, 11) is 0. The van der Waals surface area contributed by atoms with Crippen LogP contribution in [0.4, 0.5) is 0 Å². The Morgan fingerprint density at radius 3 is 2.91 bits per heavy atom. The highest BCUT2D eigenvalue weighted by molar-refractivity contribution is 4.86. The van der Waals surface area contributed by atoms with E-state index in [1.807, 2.05) is 0 Å². The molecule has 0 spiro atoms. The maximum atomic E-state index is 5.32. The van der Waals surface area contributed by atoms with Crippen molar-refractivity contribution in [3.63, 3.8) is 0 Å². The van der Waals surface area contributed by atoms with E-state index in [1.165, 1.54) is 0 Å². The molecule has 1 aromatic heterocycles. The van der Waals surface area contributed by atoms with Gasteiger partial charge in [0.15, 0.2) is 5.82 Å². The molecule has 0 atom stereocenters. The summed E-state index contributed by atoms with van der Waals surface area (Å²) < 4.78 is 4.94. The molecular weight excluding hydrogens is 142 g/mol. The highest BCUT2D eigenvalue weighted by Crippen LogP contribution is 2.00. The summed E-state index contributed by atoms with van der Waals surface area (Å²) in [6.07, 6.45) is 2.59. The molecule has 0 aliphatic rings. The van der Waals surface area contributed by atoms with E-state index < -0.39 is 0 Å². The molecule has 0 radical (unpaired) electrons. The summed E-state index contributed by atoms with van der Waals surface area (Å²) in [5.41, 5.74) is 5.32. The van der Waals surface area contributed by atoms with Crippen molar-refractivity contribution in [2.24, 2.45) is 5.73 Å². The fourth-order valence-corrected chi connectivity index (χ4v) is 0.836. The van der Waals surface area contributed by atoms with Gasteiger partial charge in [-0.1, -0.05) is 12.1 Å². The first-order valence-electron chi connectivity index (χ1n) is 3.88. The van der Waals surface area contributed by atoms with Crippen LogP contribution in [0.25, 0.3) is 0 Å². The predicted molar refractivity (Wildman–Crippen MR) is 41.1 cm³/mol. The zero-order chi connectivity index (χ0) is 8.10. The lowest BCUT2D eigenvalue weighted by Crippen LogP contribution is -2.03. The Bertz CT molecular complexity index is 189. The molecule has 0 fully saturated rings. The van der Waals surface area contributed by atoms with Crippen molar-refractivity contribution in [3.8, 4) is 0 Å². The Hall–Kier alpha value is -0.900. The molecule has 0 amide bonds. The smallest absolute Gasteiger partial charge is 0.226 e. The van der Waals surface area contributed by atoms with E-state index in [0.29, 0.717) is 13.0 Å². The molecule has 0 bridgehead atoms. The van der Waals surface area contributed by atoms with Gasteiger partial charge in [0.2, 0.25) is 5.89 Å². The summed E-state index contributed by atoms with van der Waals surface area (Å²) in [5.74, 6) is 1.44. The van der Waals surface area contributed by atoms with Gasteiger partial charge in [-0.05, 0) is 13.0 Å². The number of nitrogens with two attached hydrogens (primary N) is 1. The zero-order valence-corrected chi connectivity index (χ0v) is 6.71. The van der Waals surface area contributed by atoms with Crippen molar-refractivity contribution in [2.75, 3.05) is 6.54 Å². The molecule has 11 heavy (non-hydrogen) atoms. The van der Waals surface area contributed by atoms with Gasteiger partial charge in [0.05, 0.1) is 0 Å². The van der Waals surface area contributed by atoms with Crippen LogP contribution in [0.15, 0.2) is 4.52 Å². The fourth-order valence-electron chi connectivity index (χ4n) is 0.836. The van der Waals surface area contributed by atoms with Crippen LogP contribution in [0.2, 0.25) is 0 Å². The maximum Gasteiger partial charge on any atom is 0.226 e. The number of aryl methyl sites for hydroxylation is 1. The Balaban J connectivity index is 2.51. The third-order valence-electron chi connectivity index (χ3n) is 1.34. The third-order valence-corrected chi connectivity index (χ3v) is 1.34. The van der Waals surface area contributed by atoms with Crippen molar-refractivity contribution < 1.29 is 4.52 Å². The molecule has 1 heterocycles. The highest BCUT2D eigenvalue weighted by atomic mass is 16.5. The number of hydrogen-bond donors (Lipinski definition) is 1. The molecule has 0 aromatic carbocycles. The van der Waals surface area contributed by atoms with Crippen molar-refractivity contribution in [1.29, 1.82) is 0 Å². The van der Waals surface area contributed by atoms with E-state index in [-0.39, 0.29) is 0 Å². The number of hydrogen-bond acceptors (Lipinski definition) is 4. The minimum absolute atomic E-state index is 0.575. The first-order chi connectivity index (χ1) is 5.36. The van der Waals surface area contributed by atoms with Gasteiger partial charge in [-0.3, -0.25) is 0 Å². The van der Waals surface area contributed by atoms with Crippen LogP contribution < -0.4 is 5.73 Å². The predicted octanol–water partition coefficient (Wildman–Crippen LogP) is 0.523. The topological polar surface area (TPSA) is 64.9 Å².